The highest BCUT2D eigenvalue weighted by atomic mass is 32.2. The van der Waals surface area contributed by atoms with Crippen molar-refractivity contribution in [3.8, 4) is 0 Å². The molecule has 1 fully saturated rings. The standard InChI is InChI=1S/C21H22N2O3S3/c24-20-18-8-4-5-9-19(18)29(25,26)23(20)15-28-21(27)22-12-10-17(11-13-22)14-16-6-2-1-3-7-16/h1-9,17H,10-15H2. The average Bonchev–Trinajstić information content (AvgIpc) is 2.93. The van der Waals surface area contributed by atoms with Gasteiger partial charge in [0.25, 0.3) is 15.9 Å². The summed E-state index contributed by atoms with van der Waals surface area (Å²) in [4.78, 5) is 14.7. The van der Waals surface area contributed by atoms with E-state index in [4.69, 9.17) is 12.2 Å². The summed E-state index contributed by atoms with van der Waals surface area (Å²) in [5.74, 6) is 0.174. The number of piperidine rings is 1. The number of likely N-dealkylation sites (tertiary alicyclic amines) is 1. The van der Waals surface area contributed by atoms with Crippen molar-refractivity contribution in [3.63, 3.8) is 0 Å². The van der Waals surface area contributed by atoms with Gasteiger partial charge in [0.05, 0.1) is 11.4 Å². The summed E-state index contributed by atoms with van der Waals surface area (Å²) < 4.78 is 26.9. The van der Waals surface area contributed by atoms with E-state index < -0.39 is 15.9 Å². The van der Waals surface area contributed by atoms with Gasteiger partial charge in [-0.25, -0.2) is 12.7 Å². The second-order valence-corrected chi connectivity index (χ2v) is 10.7. The van der Waals surface area contributed by atoms with E-state index in [1.54, 1.807) is 18.2 Å². The monoisotopic (exact) mass is 446 g/mol. The van der Waals surface area contributed by atoms with Gasteiger partial charge in [0.15, 0.2) is 0 Å². The van der Waals surface area contributed by atoms with Gasteiger partial charge >= 0.3 is 0 Å². The fourth-order valence-corrected chi connectivity index (χ4v) is 6.83. The molecule has 5 nitrogen and oxygen atoms in total. The van der Waals surface area contributed by atoms with Crippen molar-refractivity contribution < 1.29 is 13.2 Å². The number of carbonyl (C=O) groups is 1. The summed E-state index contributed by atoms with van der Waals surface area (Å²) in [5, 5.41) is 0. The second-order valence-electron chi connectivity index (χ2n) is 7.31. The van der Waals surface area contributed by atoms with Crippen molar-refractivity contribution in [3.05, 3.63) is 65.7 Å². The van der Waals surface area contributed by atoms with Crippen LogP contribution in [0.1, 0.15) is 28.8 Å². The third-order valence-electron chi connectivity index (χ3n) is 5.46. The van der Waals surface area contributed by atoms with Crippen LogP contribution in [0.4, 0.5) is 0 Å². The molecule has 2 aliphatic heterocycles. The zero-order valence-corrected chi connectivity index (χ0v) is 18.3. The maximum absolute atomic E-state index is 12.6. The minimum Gasteiger partial charge on any atom is -0.357 e. The molecule has 0 aliphatic carbocycles. The lowest BCUT2D eigenvalue weighted by Crippen LogP contribution is -2.38. The molecule has 0 aromatic heterocycles. The number of carbonyl (C=O) groups excluding carboxylic acids is 1. The quantitative estimate of drug-likeness (QED) is 0.667. The second kappa shape index (κ2) is 8.45. The Kier molecular flexibility index (Phi) is 5.94. The summed E-state index contributed by atoms with van der Waals surface area (Å²) >= 11 is 6.78. The van der Waals surface area contributed by atoms with E-state index in [1.807, 2.05) is 6.07 Å². The molecule has 2 aliphatic rings. The van der Waals surface area contributed by atoms with Gasteiger partial charge < -0.3 is 4.90 Å². The number of thiocarbonyl (C=S) groups is 1. The number of thioether (sulfide) groups is 1. The molecule has 4 rings (SSSR count). The van der Waals surface area contributed by atoms with Crippen LogP contribution in [0.15, 0.2) is 59.5 Å². The molecular weight excluding hydrogens is 424 g/mol. The number of amides is 1. The van der Waals surface area contributed by atoms with Crippen LogP contribution in [0.3, 0.4) is 0 Å². The summed E-state index contributed by atoms with van der Waals surface area (Å²) in [6.45, 7) is 1.73. The third-order valence-corrected chi connectivity index (χ3v) is 8.91. The molecule has 1 amide bonds. The van der Waals surface area contributed by atoms with Crippen LogP contribution in [-0.4, -0.2) is 46.8 Å². The highest BCUT2D eigenvalue weighted by Crippen LogP contribution is 2.32. The Balaban J connectivity index is 1.30. The van der Waals surface area contributed by atoms with Crippen LogP contribution < -0.4 is 0 Å². The lowest BCUT2D eigenvalue weighted by molar-refractivity contribution is 0.0887. The first-order valence-corrected chi connectivity index (χ1v) is 12.4. The first kappa shape index (κ1) is 20.4. The van der Waals surface area contributed by atoms with Gasteiger partial charge in [-0.1, -0.05) is 66.4 Å². The van der Waals surface area contributed by atoms with E-state index in [1.165, 1.54) is 23.4 Å². The van der Waals surface area contributed by atoms with E-state index in [-0.39, 0.29) is 16.3 Å². The number of hydrogen-bond donors (Lipinski definition) is 0. The molecule has 152 valence electrons. The van der Waals surface area contributed by atoms with Crippen molar-refractivity contribution in [1.29, 1.82) is 0 Å². The maximum atomic E-state index is 12.6. The number of fused-ring (bicyclic) bond motifs is 1. The van der Waals surface area contributed by atoms with Crippen LogP contribution in [0.2, 0.25) is 0 Å². The van der Waals surface area contributed by atoms with Gasteiger partial charge in [-0.15, -0.1) is 0 Å². The predicted octanol–water partition coefficient (Wildman–Crippen LogP) is 3.76. The van der Waals surface area contributed by atoms with Crippen molar-refractivity contribution in [2.24, 2.45) is 5.92 Å². The number of rotatable bonds is 4. The van der Waals surface area contributed by atoms with E-state index in [0.29, 0.717) is 10.2 Å². The molecule has 8 heteroatoms. The van der Waals surface area contributed by atoms with Crippen LogP contribution in [0, 0.1) is 5.92 Å². The first-order valence-electron chi connectivity index (χ1n) is 9.58. The van der Waals surface area contributed by atoms with Crippen molar-refractivity contribution in [2.45, 2.75) is 24.2 Å². The summed E-state index contributed by atoms with van der Waals surface area (Å²) in [5.41, 5.74) is 1.60. The molecule has 2 heterocycles. The van der Waals surface area contributed by atoms with E-state index in [0.717, 1.165) is 36.7 Å². The van der Waals surface area contributed by atoms with Crippen LogP contribution >= 0.6 is 24.0 Å². The van der Waals surface area contributed by atoms with E-state index in [2.05, 4.69) is 29.2 Å². The van der Waals surface area contributed by atoms with E-state index >= 15 is 0 Å². The Morgan fingerprint density at radius 1 is 1.03 bits per heavy atom. The molecule has 0 bridgehead atoms. The Labute approximate surface area is 181 Å². The molecule has 0 radical (unpaired) electrons. The van der Waals surface area contributed by atoms with Crippen LogP contribution in [-0.2, 0) is 16.4 Å². The van der Waals surface area contributed by atoms with Crippen molar-refractivity contribution >= 4 is 44.2 Å². The molecule has 0 atom stereocenters. The predicted molar refractivity (Wildman–Crippen MR) is 119 cm³/mol. The number of benzene rings is 2. The average molecular weight is 447 g/mol. The van der Waals surface area contributed by atoms with Gasteiger partial charge in [-0.05, 0) is 42.9 Å². The third kappa shape index (κ3) is 4.20. The fourth-order valence-electron chi connectivity index (χ4n) is 3.83. The van der Waals surface area contributed by atoms with Gasteiger partial charge in [0.1, 0.15) is 9.22 Å². The molecule has 0 saturated carbocycles. The molecule has 2 aromatic carbocycles. The Bertz CT molecular complexity index is 1020. The van der Waals surface area contributed by atoms with Gasteiger partial charge in [-0.3, -0.25) is 4.79 Å². The highest BCUT2D eigenvalue weighted by molar-refractivity contribution is 8.23. The largest absolute Gasteiger partial charge is 0.357 e. The summed E-state index contributed by atoms with van der Waals surface area (Å²) in [6.07, 6.45) is 3.19. The minimum atomic E-state index is -3.78. The molecule has 0 spiro atoms. The molecular formula is C21H22N2O3S3. The minimum absolute atomic E-state index is 0.0125. The summed E-state index contributed by atoms with van der Waals surface area (Å²) in [7, 11) is -3.78. The van der Waals surface area contributed by atoms with Gasteiger partial charge in [-0.2, -0.15) is 0 Å². The summed E-state index contributed by atoms with van der Waals surface area (Å²) in [6, 6.07) is 16.8. The lowest BCUT2D eigenvalue weighted by atomic mass is 9.90. The topological polar surface area (TPSA) is 57.7 Å². The van der Waals surface area contributed by atoms with Crippen molar-refractivity contribution in [2.75, 3.05) is 19.0 Å². The van der Waals surface area contributed by atoms with E-state index in [9.17, 15) is 13.2 Å². The first-order chi connectivity index (χ1) is 14.0. The van der Waals surface area contributed by atoms with Crippen LogP contribution in [0.25, 0.3) is 0 Å². The molecule has 2 aromatic rings. The van der Waals surface area contributed by atoms with Crippen LogP contribution in [0.5, 0.6) is 0 Å². The fraction of sp³-hybridized carbons (Fsp3) is 0.333. The normalized spacial score (nSPS) is 18.7. The molecule has 0 N–H and O–H groups in total. The number of nitrogens with zero attached hydrogens (tertiary/aromatic N) is 2. The number of hydrogen-bond acceptors (Lipinski definition) is 5. The molecule has 29 heavy (non-hydrogen) atoms. The maximum Gasteiger partial charge on any atom is 0.269 e. The highest BCUT2D eigenvalue weighted by Gasteiger charge is 2.41. The van der Waals surface area contributed by atoms with Gasteiger partial charge in [0.2, 0.25) is 0 Å². The van der Waals surface area contributed by atoms with Gasteiger partial charge in [0, 0.05) is 13.1 Å². The Morgan fingerprint density at radius 2 is 1.69 bits per heavy atom. The molecule has 0 unspecified atom stereocenters. The number of sulfonamides is 1. The zero-order valence-electron chi connectivity index (χ0n) is 15.9. The Morgan fingerprint density at radius 3 is 2.38 bits per heavy atom. The van der Waals surface area contributed by atoms with Crippen molar-refractivity contribution in [1.82, 2.24) is 9.21 Å². The lowest BCUT2D eigenvalue weighted by Gasteiger charge is -2.33. The SMILES string of the molecule is O=C1c2ccccc2S(=O)(=O)N1CSC(=S)N1CCC(Cc2ccccc2)CC1. The zero-order chi connectivity index (χ0) is 20.4. The molecule has 1 saturated heterocycles. The smallest absolute Gasteiger partial charge is 0.269 e. The Hall–Kier alpha value is -1.90.